The Morgan fingerprint density at radius 3 is 2.44 bits per heavy atom. The SMILES string of the molecule is NCC1(NC(=O)Cc2ccc(Cl)cc2)CCCC1. The van der Waals surface area contributed by atoms with E-state index in [9.17, 15) is 4.79 Å². The normalized spacial score (nSPS) is 17.7. The summed E-state index contributed by atoms with van der Waals surface area (Å²) in [6.45, 7) is 0.527. The molecule has 1 aliphatic rings. The molecule has 0 radical (unpaired) electrons. The summed E-state index contributed by atoms with van der Waals surface area (Å²) in [5, 5.41) is 3.80. The molecule has 0 heterocycles. The molecule has 1 aromatic rings. The van der Waals surface area contributed by atoms with Crippen LogP contribution in [0.15, 0.2) is 24.3 Å². The molecule has 1 amide bonds. The molecule has 0 atom stereocenters. The van der Waals surface area contributed by atoms with Crippen molar-refractivity contribution in [3.8, 4) is 0 Å². The first-order chi connectivity index (χ1) is 8.63. The average Bonchev–Trinajstić information content (AvgIpc) is 2.81. The Morgan fingerprint density at radius 2 is 1.89 bits per heavy atom. The summed E-state index contributed by atoms with van der Waals surface area (Å²) in [4.78, 5) is 12.0. The van der Waals surface area contributed by atoms with Crippen LogP contribution in [0.25, 0.3) is 0 Å². The number of nitrogens with one attached hydrogen (secondary N) is 1. The fourth-order valence-electron chi connectivity index (χ4n) is 2.56. The molecule has 0 bridgehead atoms. The zero-order valence-electron chi connectivity index (χ0n) is 10.4. The van der Waals surface area contributed by atoms with Gasteiger partial charge in [-0.25, -0.2) is 0 Å². The Bertz CT molecular complexity index is 410. The largest absolute Gasteiger partial charge is 0.349 e. The van der Waals surface area contributed by atoms with Gasteiger partial charge in [0.05, 0.1) is 12.0 Å². The molecule has 4 heteroatoms. The predicted molar refractivity (Wildman–Crippen MR) is 73.6 cm³/mol. The van der Waals surface area contributed by atoms with Crippen molar-refractivity contribution in [2.45, 2.75) is 37.6 Å². The first-order valence-corrected chi connectivity index (χ1v) is 6.77. The maximum absolute atomic E-state index is 12.0. The summed E-state index contributed by atoms with van der Waals surface area (Å²) in [5.41, 5.74) is 6.61. The van der Waals surface area contributed by atoms with Crippen LogP contribution in [0.3, 0.4) is 0 Å². The summed E-state index contributed by atoms with van der Waals surface area (Å²) in [7, 11) is 0. The summed E-state index contributed by atoms with van der Waals surface area (Å²) in [6.07, 6.45) is 4.68. The van der Waals surface area contributed by atoms with Crippen LogP contribution in [0.1, 0.15) is 31.2 Å². The van der Waals surface area contributed by atoms with Crippen molar-refractivity contribution >= 4 is 17.5 Å². The molecule has 3 N–H and O–H groups in total. The fraction of sp³-hybridized carbons (Fsp3) is 0.500. The molecule has 18 heavy (non-hydrogen) atoms. The van der Waals surface area contributed by atoms with Gasteiger partial charge < -0.3 is 11.1 Å². The first kappa shape index (κ1) is 13.4. The lowest BCUT2D eigenvalue weighted by Gasteiger charge is -2.28. The van der Waals surface area contributed by atoms with E-state index in [4.69, 9.17) is 17.3 Å². The summed E-state index contributed by atoms with van der Waals surface area (Å²) in [5.74, 6) is 0.0460. The molecule has 98 valence electrons. The van der Waals surface area contributed by atoms with Crippen molar-refractivity contribution in [2.75, 3.05) is 6.54 Å². The van der Waals surface area contributed by atoms with E-state index in [0.717, 1.165) is 31.2 Å². The van der Waals surface area contributed by atoms with Gasteiger partial charge in [0, 0.05) is 11.6 Å². The number of benzene rings is 1. The zero-order valence-corrected chi connectivity index (χ0v) is 11.2. The highest BCUT2D eigenvalue weighted by atomic mass is 35.5. The van der Waals surface area contributed by atoms with Crippen LogP contribution < -0.4 is 11.1 Å². The Hall–Kier alpha value is -1.06. The minimum Gasteiger partial charge on any atom is -0.349 e. The minimum absolute atomic E-state index is 0.0460. The van der Waals surface area contributed by atoms with Crippen LogP contribution in [0.4, 0.5) is 0 Å². The van der Waals surface area contributed by atoms with Gasteiger partial charge in [0.15, 0.2) is 0 Å². The van der Waals surface area contributed by atoms with E-state index in [-0.39, 0.29) is 11.4 Å². The van der Waals surface area contributed by atoms with Crippen LogP contribution >= 0.6 is 11.6 Å². The second-order valence-corrected chi connectivity index (χ2v) is 5.48. The summed E-state index contributed by atoms with van der Waals surface area (Å²) in [6, 6.07) is 7.37. The Kier molecular flexibility index (Phi) is 4.25. The Labute approximate surface area is 113 Å². The van der Waals surface area contributed by atoms with E-state index in [1.54, 1.807) is 12.1 Å². The summed E-state index contributed by atoms with van der Waals surface area (Å²) >= 11 is 5.81. The number of carbonyl (C=O) groups excluding carboxylic acids is 1. The van der Waals surface area contributed by atoms with Gasteiger partial charge in [-0.15, -0.1) is 0 Å². The van der Waals surface area contributed by atoms with Gasteiger partial charge in [-0.05, 0) is 30.5 Å². The number of amides is 1. The van der Waals surface area contributed by atoms with Crippen LogP contribution in [-0.4, -0.2) is 18.0 Å². The molecule has 0 saturated heterocycles. The molecular weight excluding hydrogens is 248 g/mol. The number of halogens is 1. The lowest BCUT2D eigenvalue weighted by molar-refractivity contribution is -0.122. The third-order valence-corrected chi connectivity index (χ3v) is 3.89. The number of carbonyl (C=O) groups is 1. The number of rotatable bonds is 4. The van der Waals surface area contributed by atoms with Crippen LogP contribution in [-0.2, 0) is 11.2 Å². The molecule has 1 aliphatic carbocycles. The van der Waals surface area contributed by atoms with Gasteiger partial charge in [-0.1, -0.05) is 36.6 Å². The van der Waals surface area contributed by atoms with Crippen molar-refractivity contribution in [3.63, 3.8) is 0 Å². The van der Waals surface area contributed by atoms with Crippen LogP contribution in [0.5, 0.6) is 0 Å². The lowest BCUT2D eigenvalue weighted by Crippen LogP contribution is -2.52. The highest BCUT2D eigenvalue weighted by Gasteiger charge is 2.33. The smallest absolute Gasteiger partial charge is 0.224 e. The maximum atomic E-state index is 12.0. The minimum atomic E-state index is -0.163. The molecular formula is C14H19ClN2O. The molecule has 1 fully saturated rings. The van der Waals surface area contributed by atoms with E-state index < -0.39 is 0 Å². The third-order valence-electron chi connectivity index (χ3n) is 3.63. The average molecular weight is 267 g/mol. The van der Waals surface area contributed by atoms with Gasteiger partial charge in [-0.2, -0.15) is 0 Å². The second-order valence-electron chi connectivity index (χ2n) is 5.04. The molecule has 1 saturated carbocycles. The van der Waals surface area contributed by atoms with E-state index in [0.29, 0.717) is 18.0 Å². The van der Waals surface area contributed by atoms with Crippen molar-refractivity contribution in [3.05, 3.63) is 34.9 Å². The second kappa shape index (κ2) is 5.72. The van der Waals surface area contributed by atoms with Gasteiger partial charge >= 0.3 is 0 Å². The molecule has 0 aromatic heterocycles. The predicted octanol–water partition coefficient (Wildman–Crippen LogP) is 2.27. The van der Waals surface area contributed by atoms with Crippen LogP contribution in [0.2, 0.25) is 5.02 Å². The zero-order chi connectivity index (χ0) is 13.0. The number of hydrogen-bond acceptors (Lipinski definition) is 2. The quantitative estimate of drug-likeness (QED) is 0.878. The highest BCUT2D eigenvalue weighted by Crippen LogP contribution is 2.28. The van der Waals surface area contributed by atoms with Crippen LogP contribution in [0, 0.1) is 0 Å². The highest BCUT2D eigenvalue weighted by molar-refractivity contribution is 6.30. The van der Waals surface area contributed by atoms with Gasteiger partial charge in [0.2, 0.25) is 5.91 Å². The number of nitrogens with two attached hydrogens (primary N) is 1. The monoisotopic (exact) mass is 266 g/mol. The van der Waals surface area contributed by atoms with Crippen molar-refractivity contribution < 1.29 is 4.79 Å². The maximum Gasteiger partial charge on any atom is 0.224 e. The number of hydrogen-bond donors (Lipinski definition) is 2. The molecule has 0 aliphatic heterocycles. The molecule has 0 spiro atoms. The van der Waals surface area contributed by atoms with Crippen molar-refractivity contribution in [1.29, 1.82) is 0 Å². The van der Waals surface area contributed by atoms with E-state index in [1.807, 2.05) is 12.1 Å². The molecule has 1 aromatic carbocycles. The topological polar surface area (TPSA) is 55.1 Å². The molecule has 0 unspecified atom stereocenters. The summed E-state index contributed by atoms with van der Waals surface area (Å²) < 4.78 is 0. The third kappa shape index (κ3) is 3.24. The first-order valence-electron chi connectivity index (χ1n) is 6.39. The van der Waals surface area contributed by atoms with E-state index in [1.165, 1.54) is 0 Å². The molecule has 3 nitrogen and oxygen atoms in total. The van der Waals surface area contributed by atoms with Gasteiger partial charge in [0.1, 0.15) is 0 Å². The Morgan fingerprint density at radius 1 is 1.28 bits per heavy atom. The van der Waals surface area contributed by atoms with Crippen molar-refractivity contribution in [1.82, 2.24) is 5.32 Å². The Balaban J connectivity index is 1.94. The molecule has 2 rings (SSSR count). The van der Waals surface area contributed by atoms with Gasteiger partial charge in [-0.3, -0.25) is 4.79 Å². The fourth-order valence-corrected chi connectivity index (χ4v) is 2.69. The van der Waals surface area contributed by atoms with E-state index >= 15 is 0 Å². The lowest BCUT2D eigenvalue weighted by atomic mass is 9.97. The van der Waals surface area contributed by atoms with Crippen molar-refractivity contribution in [2.24, 2.45) is 5.73 Å². The standard InChI is InChI=1S/C14H19ClN2O/c15-12-5-3-11(4-6-12)9-13(18)17-14(10-16)7-1-2-8-14/h3-6H,1-2,7-10,16H2,(H,17,18). The van der Waals surface area contributed by atoms with E-state index in [2.05, 4.69) is 5.32 Å². The van der Waals surface area contributed by atoms with Gasteiger partial charge in [0.25, 0.3) is 0 Å².